The van der Waals surface area contributed by atoms with Gasteiger partial charge in [-0.2, -0.15) is 0 Å². The fraction of sp³-hybridized carbons (Fsp3) is 1.00. The predicted octanol–water partition coefficient (Wildman–Crippen LogP) is 0.144. The van der Waals surface area contributed by atoms with Crippen molar-refractivity contribution in [3.05, 3.63) is 0 Å². The van der Waals surface area contributed by atoms with E-state index in [1.807, 2.05) is 14.0 Å². The molecule has 1 atom stereocenters. The molecule has 0 aromatic heterocycles. The molecule has 2 nitrogen and oxygen atoms in total. The highest BCUT2D eigenvalue weighted by atomic mass is 32.1. The van der Waals surface area contributed by atoms with E-state index in [1.165, 1.54) is 0 Å². The highest BCUT2D eigenvalue weighted by Gasteiger charge is 1.99. The van der Waals surface area contributed by atoms with Gasteiger partial charge >= 0.3 is 0 Å². The molecule has 0 heterocycles. The van der Waals surface area contributed by atoms with Crippen molar-refractivity contribution in [3.8, 4) is 0 Å². The van der Waals surface area contributed by atoms with Gasteiger partial charge < -0.3 is 5.11 Å². The first-order valence-electron chi connectivity index (χ1n) is 2.21. The zero-order valence-corrected chi connectivity index (χ0v) is 5.52. The van der Waals surface area contributed by atoms with Gasteiger partial charge in [-0.1, -0.05) is 12.8 Å². The predicted molar refractivity (Wildman–Crippen MR) is 33.3 cm³/mol. The van der Waals surface area contributed by atoms with Crippen molar-refractivity contribution in [1.82, 2.24) is 4.31 Å². The third kappa shape index (κ3) is 2.91. The molecular formula is C4H11NOS. The monoisotopic (exact) mass is 121 g/mol. The van der Waals surface area contributed by atoms with Crippen molar-refractivity contribution in [1.29, 1.82) is 0 Å². The van der Waals surface area contributed by atoms with Crippen LogP contribution in [0.3, 0.4) is 0 Å². The molecule has 0 aliphatic carbocycles. The van der Waals surface area contributed by atoms with Gasteiger partial charge in [0, 0.05) is 6.04 Å². The van der Waals surface area contributed by atoms with Crippen LogP contribution in [-0.2, 0) is 0 Å². The van der Waals surface area contributed by atoms with Gasteiger partial charge in [0.2, 0.25) is 0 Å². The highest BCUT2D eigenvalue weighted by molar-refractivity contribution is 7.77. The Morgan fingerprint density at radius 2 is 2.29 bits per heavy atom. The molecule has 7 heavy (non-hydrogen) atoms. The Hall–Kier alpha value is 0.270. The zero-order valence-electron chi connectivity index (χ0n) is 4.63. The molecule has 0 bridgehead atoms. The lowest BCUT2D eigenvalue weighted by Crippen LogP contribution is -2.23. The maximum atomic E-state index is 8.41. The van der Waals surface area contributed by atoms with Gasteiger partial charge in [0.05, 0.1) is 6.61 Å². The topological polar surface area (TPSA) is 23.5 Å². The fourth-order valence-electron chi connectivity index (χ4n) is 0.118. The second-order valence-corrected chi connectivity index (χ2v) is 2.24. The maximum Gasteiger partial charge on any atom is 0.0593 e. The second kappa shape index (κ2) is 3.29. The van der Waals surface area contributed by atoms with E-state index >= 15 is 0 Å². The minimum Gasteiger partial charge on any atom is -0.395 e. The zero-order chi connectivity index (χ0) is 5.86. The largest absolute Gasteiger partial charge is 0.395 e. The van der Waals surface area contributed by atoms with Crippen LogP contribution < -0.4 is 0 Å². The summed E-state index contributed by atoms with van der Waals surface area (Å²) in [6.45, 7) is 2.06. The Morgan fingerprint density at radius 3 is 2.29 bits per heavy atom. The number of hydrogen-bond acceptors (Lipinski definition) is 3. The summed E-state index contributed by atoms with van der Waals surface area (Å²) in [5.41, 5.74) is 0. The van der Waals surface area contributed by atoms with Gasteiger partial charge in [0.15, 0.2) is 0 Å². The minimum absolute atomic E-state index is 0.156. The molecule has 3 heteroatoms. The third-order valence-electron chi connectivity index (χ3n) is 0.902. The first-order valence-corrected chi connectivity index (χ1v) is 2.61. The van der Waals surface area contributed by atoms with Crippen molar-refractivity contribution in [2.45, 2.75) is 13.0 Å². The standard InChI is InChI=1S/C4H11NOS/c1-4(3-6)5(2)7/h4,6-7H,3H2,1-2H3/t4-/m1/s1. The van der Waals surface area contributed by atoms with E-state index in [1.54, 1.807) is 4.31 Å². The Morgan fingerprint density at radius 1 is 1.86 bits per heavy atom. The molecule has 0 unspecified atom stereocenters. The van der Waals surface area contributed by atoms with Crippen molar-refractivity contribution in [2.24, 2.45) is 0 Å². The number of aliphatic hydroxyl groups excluding tert-OH is 1. The molecule has 0 rings (SSSR count). The lowest BCUT2D eigenvalue weighted by molar-refractivity contribution is 0.222. The summed E-state index contributed by atoms with van der Waals surface area (Å²) in [6.07, 6.45) is 0. The Balaban J connectivity index is 3.14. The lowest BCUT2D eigenvalue weighted by atomic mass is 10.4. The van der Waals surface area contributed by atoms with Gasteiger partial charge in [-0.05, 0) is 14.0 Å². The van der Waals surface area contributed by atoms with Crippen molar-refractivity contribution in [3.63, 3.8) is 0 Å². The number of thiol groups is 1. The second-order valence-electron chi connectivity index (χ2n) is 1.61. The van der Waals surface area contributed by atoms with Gasteiger partial charge in [-0.3, -0.25) is 4.31 Å². The lowest BCUT2D eigenvalue weighted by Gasteiger charge is -2.13. The SMILES string of the molecule is C[C@H](CO)N(C)S. The molecule has 44 valence electrons. The molecule has 0 saturated carbocycles. The fourth-order valence-corrected chi connectivity index (χ4v) is 0.191. The van der Waals surface area contributed by atoms with Crippen LogP contribution in [-0.4, -0.2) is 29.1 Å². The summed E-state index contributed by atoms with van der Waals surface area (Å²) in [4.78, 5) is 0. The van der Waals surface area contributed by atoms with Crippen molar-refractivity contribution >= 4 is 12.8 Å². The number of aliphatic hydroxyl groups is 1. The molecule has 1 N–H and O–H groups in total. The molecule has 0 radical (unpaired) electrons. The van der Waals surface area contributed by atoms with E-state index < -0.39 is 0 Å². The highest BCUT2D eigenvalue weighted by Crippen LogP contribution is 1.94. The van der Waals surface area contributed by atoms with E-state index in [4.69, 9.17) is 5.11 Å². The molecule has 0 aliphatic heterocycles. The van der Waals surface area contributed by atoms with Crippen LogP contribution in [0.25, 0.3) is 0 Å². The number of nitrogens with zero attached hydrogens (tertiary/aromatic N) is 1. The molecule has 0 saturated heterocycles. The Labute approximate surface area is 49.7 Å². The molecular weight excluding hydrogens is 110 g/mol. The number of hydrogen-bond donors (Lipinski definition) is 2. The molecule has 0 aromatic rings. The Kier molecular flexibility index (Phi) is 3.42. The quantitative estimate of drug-likeness (QED) is 0.508. The molecule has 0 spiro atoms. The van der Waals surface area contributed by atoms with Gasteiger partial charge in [0.25, 0.3) is 0 Å². The van der Waals surface area contributed by atoms with Crippen molar-refractivity contribution < 1.29 is 5.11 Å². The average Bonchev–Trinajstić information content (AvgIpc) is 1.65. The summed E-state index contributed by atoms with van der Waals surface area (Å²) in [5.74, 6) is 0. The van der Waals surface area contributed by atoms with Crippen LogP contribution in [0.5, 0.6) is 0 Å². The van der Waals surface area contributed by atoms with Crippen LogP contribution in [0.15, 0.2) is 0 Å². The summed E-state index contributed by atoms with van der Waals surface area (Å²) >= 11 is 3.95. The van der Waals surface area contributed by atoms with E-state index in [-0.39, 0.29) is 12.6 Å². The molecule has 0 aromatic carbocycles. The summed E-state index contributed by atoms with van der Waals surface area (Å²) < 4.78 is 1.67. The molecule has 0 amide bonds. The number of rotatable bonds is 2. The van der Waals surface area contributed by atoms with Crippen molar-refractivity contribution in [2.75, 3.05) is 13.7 Å². The van der Waals surface area contributed by atoms with Crippen LogP contribution in [0, 0.1) is 0 Å². The van der Waals surface area contributed by atoms with E-state index in [2.05, 4.69) is 12.8 Å². The van der Waals surface area contributed by atoms with E-state index in [0.29, 0.717) is 0 Å². The van der Waals surface area contributed by atoms with Crippen LogP contribution in [0.2, 0.25) is 0 Å². The van der Waals surface area contributed by atoms with Gasteiger partial charge in [-0.15, -0.1) is 0 Å². The van der Waals surface area contributed by atoms with Crippen LogP contribution in [0.4, 0.5) is 0 Å². The van der Waals surface area contributed by atoms with Crippen LogP contribution in [0.1, 0.15) is 6.92 Å². The summed E-state index contributed by atoms with van der Waals surface area (Å²) in [7, 11) is 1.81. The average molecular weight is 121 g/mol. The number of likely N-dealkylation sites (N-methyl/N-ethyl adjacent to an activating group) is 1. The molecule has 0 fully saturated rings. The normalized spacial score (nSPS) is 15.0. The van der Waals surface area contributed by atoms with Crippen LogP contribution >= 0.6 is 12.8 Å². The Bertz CT molecular complexity index is 49.0. The first-order chi connectivity index (χ1) is 3.18. The third-order valence-corrected chi connectivity index (χ3v) is 1.30. The maximum absolute atomic E-state index is 8.41. The summed E-state index contributed by atoms with van der Waals surface area (Å²) in [6, 6.07) is 0.156. The van der Waals surface area contributed by atoms with E-state index in [9.17, 15) is 0 Å². The molecule has 0 aliphatic rings. The van der Waals surface area contributed by atoms with Gasteiger partial charge in [0.1, 0.15) is 0 Å². The summed E-state index contributed by atoms with van der Waals surface area (Å²) in [5, 5.41) is 8.41. The van der Waals surface area contributed by atoms with E-state index in [0.717, 1.165) is 0 Å². The minimum atomic E-state index is 0.156. The smallest absolute Gasteiger partial charge is 0.0593 e. The van der Waals surface area contributed by atoms with Gasteiger partial charge in [-0.25, -0.2) is 0 Å². The first kappa shape index (κ1) is 7.27.